The summed E-state index contributed by atoms with van der Waals surface area (Å²) < 4.78 is 21.3. The summed E-state index contributed by atoms with van der Waals surface area (Å²) in [5, 5.41) is 14.8. The maximum Gasteiger partial charge on any atom is 0.165 e. The Balaban J connectivity index is 1.75. The van der Waals surface area contributed by atoms with Gasteiger partial charge >= 0.3 is 0 Å². The molecule has 0 bridgehead atoms. The van der Waals surface area contributed by atoms with Crippen molar-refractivity contribution in [3.8, 4) is 22.7 Å². The van der Waals surface area contributed by atoms with Crippen molar-refractivity contribution in [2.45, 2.75) is 32.4 Å². The number of nitrogens with zero attached hydrogens (tertiary/aromatic N) is 3. The number of piperidine rings is 1. The molecule has 0 spiro atoms. The van der Waals surface area contributed by atoms with Gasteiger partial charge in [-0.15, -0.1) is 0 Å². The van der Waals surface area contributed by atoms with Crippen LogP contribution in [0.2, 0.25) is 0 Å². The Bertz CT molecular complexity index is 1000. The van der Waals surface area contributed by atoms with Gasteiger partial charge < -0.3 is 9.84 Å². The van der Waals surface area contributed by atoms with Crippen LogP contribution in [0.3, 0.4) is 0 Å². The molecule has 1 saturated heterocycles. The second kappa shape index (κ2) is 8.35. The molecular weight excluding hydrogens is 369 g/mol. The normalized spacial score (nSPS) is 17.4. The molecule has 1 N–H and O–H groups in total. The molecular formula is C23H26FN3O2. The van der Waals surface area contributed by atoms with Gasteiger partial charge in [0.2, 0.25) is 0 Å². The van der Waals surface area contributed by atoms with Crippen molar-refractivity contribution < 1.29 is 14.2 Å². The number of aryl methyl sites for hydroxylation is 1. The number of β-amino-alcohol motifs (C(OH)–C–C–N with tert-alkyl or cyclic N) is 1. The largest absolute Gasteiger partial charge is 0.494 e. The standard InChI is InChI=1S/C23H26FN3O2/c1-16-6-3-4-8-21(16)27-14-18(13-26-11-5-7-19(28)15-26)23(25-27)17-9-10-22(29-2)20(24)12-17/h3-4,6,8-10,12,14,19,28H,5,7,11,13,15H2,1-2H3/t19-/m1/s1. The third kappa shape index (κ3) is 4.18. The van der Waals surface area contributed by atoms with E-state index in [-0.39, 0.29) is 11.9 Å². The van der Waals surface area contributed by atoms with Crippen LogP contribution in [0.25, 0.3) is 16.9 Å². The van der Waals surface area contributed by atoms with E-state index in [4.69, 9.17) is 9.84 Å². The highest BCUT2D eigenvalue weighted by molar-refractivity contribution is 5.64. The van der Waals surface area contributed by atoms with Crippen molar-refractivity contribution in [2.24, 2.45) is 0 Å². The highest BCUT2D eigenvalue weighted by atomic mass is 19.1. The van der Waals surface area contributed by atoms with Crippen LogP contribution < -0.4 is 4.74 Å². The Morgan fingerprint density at radius 3 is 2.79 bits per heavy atom. The van der Waals surface area contributed by atoms with Gasteiger partial charge in [0.25, 0.3) is 0 Å². The van der Waals surface area contributed by atoms with E-state index in [0.717, 1.165) is 41.9 Å². The smallest absolute Gasteiger partial charge is 0.165 e. The molecule has 2 aromatic carbocycles. The van der Waals surface area contributed by atoms with Crippen LogP contribution in [-0.4, -0.2) is 46.1 Å². The molecule has 6 heteroatoms. The third-order valence-electron chi connectivity index (χ3n) is 5.45. The van der Waals surface area contributed by atoms with Gasteiger partial charge in [-0.2, -0.15) is 5.10 Å². The quantitative estimate of drug-likeness (QED) is 0.711. The Morgan fingerprint density at radius 2 is 2.07 bits per heavy atom. The monoisotopic (exact) mass is 395 g/mol. The van der Waals surface area contributed by atoms with Crippen LogP contribution in [0, 0.1) is 12.7 Å². The summed E-state index contributed by atoms with van der Waals surface area (Å²) in [7, 11) is 1.46. The first-order valence-corrected chi connectivity index (χ1v) is 9.94. The van der Waals surface area contributed by atoms with Crippen molar-refractivity contribution in [1.29, 1.82) is 0 Å². The number of hydrogen-bond acceptors (Lipinski definition) is 4. The van der Waals surface area contributed by atoms with Crippen LogP contribution >= 0.6 is 0 Å². The first kappa shape index (κ1) is 19.6. The molecule has 29 heavy (non-hydrogen) atoms. The molecule has 0 radical (unpaired) electrons. The van der Waals surface area contributed by atoms with Crippen molar-refractivity contribution in [2.75, 3.05) is 20.2 Å². The zero-order valence-electron chi connectivity index (χ0n) is 16.8. The minimum Gasteiger partial charge on any atom is -0.494 e. The Hall–Kier alpha value is -2.70. The second-order valence-electron chi connectivity index (χ2n) is 7.61. The highest BCUT2D eigenvalue weighted by Gasteiger charge is 2.21. The van der Waals surface area contributed by atoms with E-state index in [1.165, 1.54) is 13.2 Å². The lowest BCUT2D eigenvalue weighted by Crippen LogP contribution is -2.37. The fourth-order valence-corrected chi connectivity index (χ4v) is 3.94. The summed E-state index contributed by atoms with van der Waals surface area (Å²) in [6.07, 6.45) is 3.53. The number of halogens is 1. The molecule has 4 rings (SSSR count). The summed E-state index contributed by atoms with van der Waals surface area (Å²) in [6, 6.07) is 13.0. The first-order valence-electron chi connectivity index (χ1n) is 9.94. The highest BCUT2D eigenvalue weighted by Crippen LogP contribution is 2.29. The number of hydrogen-bond donors (Lipinski definition) is 1. The Labute approximate surface area is 170 Å². The van der Waals surface area contributed by atoms with E-state index < -0.39 is 5.82 Å². The number of ether oxygens (including phenoxy) is 1. The number of para-hydroxylation sites is 1. The van der Waals surface area contributed by atoms with Gasteiger partial charge in [-0.05, 0) is 56.1 Å². The van der Waals surface area contributed by atoms with Crippen LogP contribution in [0.1, 0.15) is 24.0 Å². The summed E-state index contributed by atoms with van der Waals surface area (Å²) in [5.41, 5.74) is 4.57. The van der Waals surface area contributed by atoms with Crippen molar-refractivity contribution in [3.05, 3.63) is 65.6 Å². The lowest BCUT2D eigenvalue weighted by atomic mass is 10.0. The fraction of sp³-hybridized carbons (Fsp3) is 0.348. The summed E-state index contributed by atoms with van der Waals surface area (Å²) in [6.45, 7) is 4.28. The second-order valence-corrected chi connectivity index (χ2v) is 7.61. The van der Waals surface area contributed by atoms with Gasteiger partial charge in [0, 0.05) is 30.4 Å². The number of rotatable bonds is 5. The SMILES string of the molecule is COc1ccc(-c2nn(-c3ccccc3C)cc2CN2CCC[C@@H](O)C2)cc1F. The maximum absolute atomic E-state index is 14.4. The Kier molecular flexibility index (Phi) is 5.65. The molecule has 1 fully saturated rings. The molecule has 3 aromatic rings. The predicted octanol–water partition coefficient (Wildman–Crippen LogP) is 3.95. The van der Waals surface area contributed by atoms with Crippen LogP contribution in [-0.2, 0) is 6.54 Å². The lowest BCUT2D eigenvalue weighted by Gasteiger charge is -2.29. The van der Waals surface area contributed by atoms with Gasteiger partial charge in [-0.1, -0.05) is 18.2 Å². The number of benzene rings is 2. The topological polar surface area (TPSA) is 50.5 Å². The maximum atomic E-state index is 14.4. The molecule has 1 aliphatic heterocycles. The lowest BCUT2D eigenvalue weighted by molar-refractivity contribution is 0.0669. The van der Waals surface area contributed by atoms with E-state index in [9.17, 15) is 9.50 Å². The number of aliphatic hydroxyl groups is 1. The van der Waals surface area contributed by atoms with E-state index in [1.807, 2.05) is 48.1 Å². The number of aliphatic hydroxyl groups excluding tert-OH is 1. The van der Waals surface area contributed by atoms with Gasteiger partial charge in [-0.3, -0.25) is 4.90 Å². The van der Waals surface area contributed by atoms with E-state index in [1.54, 1.807) is 6.07 Å². The van der Waals surface area contributed by atoms with Crippen LogP contribution in [0.15, 0.2) is 48.7 Å². The molecule has 2 heterocycles. The number of methoxy groups -OCH3 is 1. The zero-order chi connectivity index (χ0) is 20.4. The molecule has 152 valence electrons. The molecule has 0 unspecified atom stereocenters. The first-order chi connectivity index (χ1) is 14.0. The molecule has 1 aliphatic rings. The van der Waals surface area contributed by atoms with Crippen molar-refractivity contribution in [1.82, 2.24) is 14.7 Å². The van der Waals surface area contributed by atoms with Gasteiger partial charge in [0.1, 0.15) is 0 Å². The van der Waals surface area contributed by atoms with E-state index in [0.29, 0.717) is 18.7 Å². The summed E-state index contributed by atoms with van der Waals surface area (Å²) in [5.74, 6) is -0.192. The predicted molar refractivity (Wildman–Crippen MR) is 111 cm³/mol. The average molecular weight is 395 g/mol. The van der Waals surface area contributed by atoms with Gasteiger partial charge in [0.15, 0.2) is 11.6 Å². The molecule has 1 aromatic heterocycles. The summed E-state index contributed by atoms with van der Waals surface area (Å²) >= 11 is 0. The van der Waals surface area contributed by atoms with Crippen molar-refractivity contribution >= 4 is 0 Å². The number of likely N-dealkylation sites (tertiary alicyclic amines) is 1. The molecule has 0 amide bonds. The minimum absolute atomic E-state index is 0.216. The minimum atomic E-state index is -0.408. The third-order valence-corrected chi connectivity index (χ3v) is 5.45. The summed E-state index contributed by atoms with van der Waals surface area (Å²) in [4.78, 5) is 2.23. The van der Waals surface area contributed by atoms with Gasteiger partial charge in [0.05, 0.1) is 24.6 Å². The average Bonchev–Trinajstić information content (AvgIpc) is 3.11. The zero-order valence-corrected chi connectivity index (χ0v) is 16.8. The molecule has 0 saturated carbocycles. The van der Waals surface area contributed by atoms with Gasteiger partial charge in [-0.25, -0.2) is 9.07 Å². The fourth-order valence-electron chi connectivity index (χ4n) is 3.94. The van der Waals surface area contributed by atoms with Crippen molar-refractivity contribution in [3.63, 3.8) is 0 Å². The van der Waals surface area contributed by atoms with Crippen LogP contribution in [0.5, 0.6) is 5.75 Å². The van der Waals surface area contributed by atoms with E-state index in [2.05, 4.69) is 4.90 Å². The molecule has 1 atom stereocenters. The van der Waals surface area contributed by atoms with Crippen LogP contribution in [0.4, 0.5) is 4.39 Å². The number of aromatic nitrogens is 2. The molecule has 0 aliphatic carbocycles. The Morgan fingerprint density at radius 1 is 1.24 bits per heavy atom. The van der Waals surface area contributed by atoms with E-state index >= 15 is 0 Å². The molecule has 5 nitrogen and oxygen atoms in total.